The van der Waals surface area contributed by atoms with Crippen molar-refractivity contribution in [1.82, 2.24) is 0 Å². The summed E-state index contributed by atoms with van der Waals surface area (Å²) in [6.07, 6.45) is -6.42. The quantitative estimate of drug-likeness (QED) is 0.746. The van der Waals surface area contributed by atoms with Crippen molar-refractivity contribution in [3.63, 3.8) is 0 Å². The van der Waals surface area contributed by atoms with Gasteiger partial charge in [0.15, 0.2) is 0 Å². The SMILES string of the molecule is O=S(OCc1ccccc1F)OC(F)C(F)F. The average Bonchev–Trinajstić information content (AvgIpc) is 2.27. The predicted octanol–water partition coefficient (Wildman–Crippen LogP) is 2.50. The van der Waals surface area contributed by atoms with E-state index < -0.39 is 36.6 Å². The molecule has 1 aromatic rings. The molecule has 0 radical (unpaired) electrons. The molecule has 0 aliphatic heterocycles. The van der Waals surface area contributed by atoms with E-state index in [1.54, 1.807) is 0 Å². The van der Waals surface area contributed by atoms with Gasteiger partial charge in [0.05, 0.1) is 6.61 Å². The van der Waals surface area contributed by atoms with E-state index in [2.05, 4.69) is 8.37 Å². The third-order valence-electron chi connectivity index (χ3n) is 1.64. The summed E-state index contributed by atoms with van der Waals surface area (Å²) in [5, 5.41) is 0. The molecule has 0 N–H and O–H groups in total. The van der Waals surface area contributed by atoms with Crippen molar-refractivity contribution in [3.05, 3.63) is 35.6 Å². The zero-order valence-electron chi connectivity index (χ0n) is 8.32. The molecule has 0 bridgehead atoms. The molecule has 17 heavy (non-hydrogen) atoms. The van der Waals surface area contributed by atoms with Gasteiger partial charge in [-0.05, 0) is 6.07 Å². The van der Waals surface area contributed by atoms with Crippen molar-refractivity contribution in [2.24, 2.45) is 0 Å². The minimum absolute atomic E-state index is 0.0527. The number of hydrogen-bond donors (Lipinski definition) is 0. The molecule has 0 spiro atoms. The van der Waals surface area contributed by atoms with Gasteiger partial charge in [0, 0.05) is 5.56 Å². The maximum atomic E-state index is 13.0. The van der Waals surface area contributed by atoms with Crippen LogP contribution in [-0.4, -0.2) is 17.0 Å². The lowest BCUT2D eigenvalue weighted by molar-refractivity contribution is -0.0660. The Morgan fingerprint density at radius 1 is 1.24 bits per heavy atom. The van der Waals surface area contributed by atoms with Crippen molar-refractivity contribution >= 4 is 11.4 Å². The molecular weight excluding hydrogens is 264 g/mol. The van der Waals surface area contributed by atoms with Crippen molar-refractivity contribution in [2.45, 2.75) is 19.4 Å². The largest absolute Gasteiger partial charge is 0.308 e. The fraction of sp³-hybridized carbons (Fsp3) is 0.333. The second-order valence-electron chi connectivity index (χ2n) is 2.84. The zero-order chi connectivity index (χ0) is 12.8. The van der Waals surface area contributed by atoms with Crippen LogP contribution in [0.1, 0.15) is 5.56 Å². The highest BCUT2D eigenvalue weighted by Crippen LogP contribution is 2.12. The number of halogens is 4. The highest BCUT2D eigenvalue weighted by molar-refractivity contribution is 7.75. The molecule has 0 aliphatic carbocycles. The van der Waals surface area contributed by atoms with Crippen molar-refractivity contribution in [2.75, 3.05) is 0 Å². The standard InChI is InChI=1S/C9H8F4O3S/c10-7-4-2-1-3-6(7)5-15-17(14)16-9(13)8(11)12/h1-4,8-9H,5H2. The van der Waals surface area contributed by atoms with Crippen LogP contribution in [0.3, 0.4) is 0 Å². The first kappa shape index (κ1) is 14.1. The Morgan fingerprint density at radius 3 is 2.47 bits per heavy atom. The summed E-state index contributed by atoms with van der Waals surface area (Å²) in [6.45, 7) is -0.477. The fourth-order valence-electron chi connectivity index (χ4n) is 0.872. The highest BCUT2D eigenvalue weighted by atomic mass is 32.2. The van der Waals surface area contributed by atoms with Crippen LogP contribution in [0.25, 0.3) is 0 Å². The Labute approximate surface area is 97.2 Å². The monoisotopic (exact) mass is 272 g/mol. The van der Waals surface area contributed by atoms with Gasteiger partial charge in [0.2, 0.25) is 0 Å². The molecule has 0 saturated heterocycles. The van der Waals surface area contributed by atoms with Crippen LogP contribution in [0.4, 0.5) is 17.6 Å². The van der Waals surface area contributed by atoms with Crippen molar-refractivity contribution in [3.8, 4) is 0 Å². The summed E-state index contributed by atoms with van der Waals surface area (Å²) < 4.78 is 67.5. The van der Waals surface area contributed by atoms with E-state index in [-0.39, 0.29) is 5.56 Å². The molecule has 1 rings (SSSR count). The minimum Gasteiger partial charge on any atom is -0.263 e. The third kappa shape index (κ3) is 4.80. The lowest BCUT2D eigenvalue weighted by Crippen LogP contribution is -2.18. The molecule has 2 unspecified atom stereocenters. The summed E-state index contributed by atoms with van der Waals surface area (Å²) >= 11 is -2.70. The molecule has 96 valence electrons. The van der Waals surface area contributed by atoms with E-state index >= 15 is 0 Å². The van der Waals surface area contributed by atoms with E-state index in [0.29, 0.717) is 0 Å². The van der Waals surface area contributed by atoms with Gasteiger partial charge in [-0.25, -0.2) is 21.7 Å². The molecule has 0 heterocycles. The van der Waals surface area contributed by atoms with E-state index in [0.717, 1.165) is 6.07 Å². The molecule has 0 aliphatic rings. The van der Waals surface area contributed by atoms with E-state index in [4.69, 9.17) is 0 Å². The fourth-order valence-corrected chi connectivity index (χ4v) is 1.38. The van der Waals surface area contributed by atoms with Gasteiger partial charge in [-0.2, -0.15) is 4.21 Å². The number of rotatable bonds is 6. The number of alkyl halides is 3. The number of hydrogen-bond acceptors (Lipinski definition) is 3. The van der Waals surface area contributed by atoms with Crippen molar-refractivity contribution < 1.29 is 30.1 Å². The van der Waals surface area contributed by atoms with Gasteiger partial charge in [0.25, 0.3) is 12.8 Å². The normalized spacial score (nSPS) is 14.9. The smallest absolute Gasteiger partial charge is 0.263 e. The van der Waals surface area contributed by atoms with Gasteiger partial charge >= 0.3 is 11.4 Å². The maximum absolute atomic E-state index is 13.0. The van der Waals surface area contributed by atoms with Gasteiger partial charge < -0.3 is 0 Å². The highest BCUT2D eigenvalue weighted by Gasteiger charge is 2.23. The summed E-state index contributed by atoms with van der Waals surface area (Å²) in [4.78, 5) is 0. The summed E-state index contributed by atoms with van der Waals surface area (Å²) in [7, 11) is 0. The molecule has 0 saturated carbocycles. The number of benzene rings is 1. The van der Waals surface area contributed by atoms with Crippen LogP contribution in [0.15, 0.2) is 24.3 Å². The topological polar surface area (TPSA) is 35.5 Å². The Kier molecular flexibility index (Phi) is 5.52. The van der Waals surface area contributed by atoms with Gasteiger partial charge in [-0.3, -0.25) is 4.18 Å². The molecule has 2 atom stereocenters. The van der Waals surface area contributed by atoms with Gasteiger partial charge in [0.1, 0.15) is 5.82 Å². The van der Waals surface area contributed by atoms with Gasteiger partial charge in [-0.15, -0.1) is 0 Å². The molecule has 1 aromatic carbocycles. The van der Waals surface area contributed by atoms with Crippen LogP contribution in [0.5, 0.6) is 0 Å². The Balaban J connectivity index is 2.41. The lowest BCUT2D eigenvalue weighted by atomic mass is 10.2. The Hall–Kier alpha value is -0.990. The summed E-state index contributed by atoms with van der Waals surface area (Å²) in [5.74, 6) is -0.616. The second-order valence-corrected chi connectivity index (χ2v) is 3.68. The van der Waals surface area contributed by atoms with E-state index in [1.165, 1.54) is 18.2 Å². The van der Waals surface area contributed by atoms with Crippen LogP contribution in [0, 0.1) is 5.82 Å². The molecule has 0 fully saturated rings. The molecular formula is C9H8F4O3S. The first-order valence-electron chi connectivity index (χ1n) is 4.38. The molecule has 3 nitrogen and oxygen atoms in total. The molecule has 8 heteroatoms. The lowest BCUT2D eigenvalue weighted by Gasteiger charge is -2.07. The van der Waals surface area contributed by atoms with Crippen LogP contribution < -0.4 is 0 Å². The van der Waals surface area contributed by atoms with Crippen molar-refractivity contribution in [1.29, 1.82) is 0 Å². The van der Waals surface area contributed by atoms with Gasteiger partial charge in [-0.1, -0.05) is 18.2 Å². The van der Waals surface area contributed by atoms with E-state index in [9.17, 15) is 21.8 Å². The van der Waals surface area contributed by atoms with Crippen LogP contribution >= 0.6 is 0 Å². The first-order valence-corrected chi connectivity index (χ1v) is 5.38. The summed E-state index contributed by atoms with van der Waals surface area (Å²) in [6, 6.07) is 5.41. The average molecular weight is 272 g/mol. The van der Waals surface area contributed by atoms with E-state index in [1.807, 2.05) is 0 Å². The summed E-state index contributed by atoms with van der Waals surface area (Å²) in [5.41, 5.74) is 0.0527. The minimum atomic E-state index is -3.42. The Bertz CT molecular complexity index is 388. The molecule has 0 amide bonds. The van der Waals surface area contributed by atoms with Crippen LogP contribution in [-0.2, 0) is 26.3 Å². The Morgan fingerprint density at radius 2 is 1.88 bits per heavy atom. The first-order chi connectivity index (χ1) is 8.00. The maximum Gasteiger partial charge on any atom is 0.308 e. The predicted molar refractivity (Wildman–Crippen MR) is 51.3 cm³/mol. The second kappa shape index (κ2) is 6.67. The zero-order valence-corrected chi connectivity index (χ0v) is 9.13. The molecule has 0 aromatic heterocycles. The van der Waals surface area contributed by atoms with Crippen LogP contribution in [0.2, 0.25) is 0 Å². The third-order valence-corrected chi connectivity index (χ3v) is 2.29.